The Morgan fingerprint density at radius 1 is 0.625 bits per heavy atom. The van der Waals surface area contributed by atoms with Gasteiger partial charge in [0.15, 0.2) is 0 Å². The molecule has 120 valence electrons. The summed E-state index contributed by atoms with van der Waals surface area (Å²) in [5, 5.41) is 17.5. The summed E-state index contributed by atoms with van der Waals surface area (Å²) in [6.45, 7) is 0. The molecule has 0 amide bonds. The van der Waals surface area contributed by atoms with Crippen LogP contribution in [0.15, 0.2) is 58.3 Å². The van der Waals surface area contributed by atoms with E-state index in [9.17, 15) is 25.9 Å². The van der Waals surface area contributed by atoms with Gasteiger partial charge in [-0.2, -0.15) is 0 Å². The minimum atomic E-state index is -4.38. The standard InChI is InChI=1S/2C6H6O4S.K.Na/c2*7-5-1-3-6(4-2-5)11(8,9)10;;/h2*1-4,7H,(H,8,9,10);;/q;;2*+1/p-2. The Kier molecular flexibility index (Phi) is 12.5. The first-order valence-corrected chi connectivity index (χ1v) is 8.31. The van der Waals surface area contributed by atoms with E-state index in [2.05, 4.69) is 0 Å². The van der Waals surface area contributed by atoms with E-state index in [0.717, 1.165) is 48.5 Å². The molecule has 8 nitrogen and oxygen atoms in total. The molecule has 0 radical (unpaired) electrons. The van der Waals surface area contributed by atoms with Gasteiger partial charge in [0.2, 0.25) is 0 Å². The zero-order chi connectivity index (χ0) is 17.0. The van der Waals surface area contributed by atoms with Crippen molar-refractivity contribution in [2.24, 2.45) is 0 Å². The molecule has 12 heteroatoms. The van der Waals surface area contributed by atoms with Crippen LogP contribution in [0.5, 0.6) is 11.5 Å². The van der Waals surface area contributed by atoms with E-state index >= 15 is 0 Å². The van der Waals surface area contributed by atoms with Gasteiger partial charge in [-0.15, -0.1) is 0 Å². The zero-order valence-corrected chi connectivity index (χ0v) is 19.5. The van der Waals surface area contributed by atoms with E-state index in [-0.39, 0.29) is 102 Å². The van der Waals surface area contributed by atoms with Crippen LogP contribution >= 0.6 is 0 Å². The third-order valence-corrected chi connectivity index (χ3v) is 3.95. The Hall–Kier alpha value is 0.496. The van der Waals surface area contributed by atoms with E-state index < -0.39 is 20.2 Å². The van der Waals surface area contributed by atoms with Crippen molar-refractivity contribution in [2.45, 2.75) is 9.79 Å². The van der Waals surface area contributed by atoms with E-state index in [1.807, 2.05) is 0 Å². The van der Waals surface area contributed by atoms with Gasteiger partial charge in [-0.25, -0.2) is 16.8 Å². The molecule has 0 spiro atoms. The molecule has 0 saturated carbocycles. The monoisotopic (exact) mass is 408 g/mol. The fourth-order valence-corrected chi connectivity index (χ4v) is 2.16. The molecule has 0 bridgehead atoms. The van der Waals surface area contributed by atoms with Crippen LogP contribution in [-0.4, -0.2) is 36.2 Å². The van der Waals surface area contributed by atoms with E-state index in [1.165, 1.54) is 0 Å². The number of rotatable bonds is 2. The molecule has 0 aromatic heterocycles. The van der Waals surface area contributed by atoms with Crippen LogP contribution in [0.1, 0.15) is 0 Å². The second-order valence-electron chi connectivity index (χ2n) is 3.90. The fraction of sp³-hybridized carbons (Fsp3) is 0. The van der Waals surface area contributed by atoms with Crippen molar-refractivity contribution in [3.8, 4) is 11.5 Å². The molecule has 24 heavy (non-hydrogen) atoms. The van der Waals surface area contributed by atoms with Gasteiger partial charge in [0, 0.05) is 0 Å². The molecule has 0 aliphatic rings. The van der Waals surface area contributed by atoms with Gasteiger partial charge in [0.1, 0.15) is 31.7 Å². The van der Waals surface area contributed by atoms with Crippen LogP contribution in [0.2, 0.25) is 0 Å². The minimum Gasteiger partial charge on any atom is -0.744 e. The largest absolute Gasteiger partial charge is 1.00 e. The first-order valence-electron chi connectivity index (χ1n) is 5.50. The van der Waals surface area contributed by atoms with Crippen molar-refractivity contribution in [1.29, 1.82) is 0 Å². The van der Waals surface area contributed by atoms with Gasteiger partial charge in [-0.05, 0) is 48.5 Å². The van der Waals surface area contributed by atoms with Crippen LogP contribution in [0.3, 0.4) is 0 Å². The summed E-state index contributed by atoms with van der Waals surface area (Å²) in [5.41, 5.74) is 0. The van der Waals surface area contributed by atoms with Crippen molar-refractivity contribution in [2.75, 3.05) is 0 Å². The molecule has 0 atom stereocenters. The predicted molar refractivity (Wildman–Crippen MR) is 72.1 cm³/mol. The first-order chi connectivity index (χ1) is 10.00. The van der Waals surface area contributed by atoms with Crippen molar-refractivity contribution >= 4 is 20.2 Å². The summed E-state index contributed by atoms with van der Waals surface area (Å²) in [6.07, 6.45) is 0. The smallest absolute Gasteiger partial charge is 0.744 e. The number of hydrogen-bond acceptors (Lipinski definition) is 8. The third-order valence-electron chi connectivity index (χ3n) is 2.25. The van der Waals surface area contributed by atoms with Gasteiger partial charge >= 0.3 is 80.9 Å². The number of phenolic OH excluding ortho intramolecular Hbond substituents is 2. The summed E-state index contributed by atoms with van der Waals surface area (Å²) in [7, 11) is -8.76. The normalized spacial score (nSPS) is 10.4. The van der Waals surface area contributed by atoms with E-state index in [4.69, 9.17) is 10.2 Å². The van der Waals surface area contributed by atoms with Gasteiger partial charge in [-0.3, -0.25) is 0 Å². The summed E-state index contributed by atoms with van der Waals surface area (Å²) >= 11 is 0. The van der Waals surface area contributed by atoms with Crippen LogP contribution in [-0.2, 0) is 20.2 Å². The predicted octanol–water partition coefficient (Wildman–Crippen LogP) is -5.40. The fourth-order valence-electron chi connectivity index (χ4n) is 1.23. The maximum Gasteiger partial charge on any atom is 1.00 e. The average molecular weight is 408 g/mol. The van der Waals surface area contributed by atoms with Crippen LogP contribution in [0.25, 0.3) is 0 Å². The molecule has 0 aliphatic heterocycles. The summed E-state index contributed by atoms with van der Waals surface area (Å²) in [5.74, 6) is -0.144. The molecular formula is C12H10KNaO8S2. The molecule has 0 fully saturated rings. The topological polar surface area (TPSA) is 155 Å². The van der Waals surface area contributed by atoms with Gasteiger partial charge < -0.3 is 19.3 Å². The van der Waals surface area contributed by atoms with Crippen molar-refractivity contribution < 1.29 is 117 Å². The average Bonchev–Trinajstić information content (AvgIpc) is 2.38. The molecule has 0 saturated heterocycles. The van der Waals surface area contributed by atoms with Crippen molar-refractivity contribution in [1.82, 2.24) is 0 Å². The SMILES string of the molecule is O=S(=O)([O-])c1ccc(O)cc1.O=S(=O)([O-])c1ccc(O)cc1.[K+].[Na+]. The Balaban J connectivity index is 0. The second kappa shape index (κ2) is 11.3. The molecular weight excluding hydrogens is 398 g/mol. The number of benzene rings is 2. The molecule has 2 N–H and O–H groups in total. The van der Waals surface area contributed by atoms with Crippen LogP contribution in [0, 0.1) is 0 Å². The minimum absolute atomic E-state index is 0. The van der Waals surface area contributed by atoms with Crippen molar-refractivity contribution in [3.05, 3.63) is 48.5 Å². The Bertz CT molecular complexity index is 760. The molecule has 0 heterocycles. The Morgan fingerprint density at radius 3 is 1.00 bits per heavy atom. The van der Waals surface area contributed by atoms with Gasteiger partial charge in [-0.1, -0.05) is 0 Å². The Morgan fingerprint density at radius 2 is 0.833 bits per heavy atom. The molecule has 2 aromatic carbocycles. The quantitative estimate of drug-likeness (QED) is 0.369. The van der Waals surface area contributed by atoms with E-state index in [1.54, 1.807) is 0 Å². The third kappa shape index (κ3) is 9.84. The van der Waals surface area contributed by atoms with Crippen molar-refractivity contribution in [3.63, 3.8) is 0 Å². The van der Waals surface area contributed by atoms with Gasteiger partial charge in [0.25, 0.3) is 0 Å². The summed E-state index contributed by atoms with van der Waals surface area (Å²) in [6, 6.07) is 8.79. The summed E-state index contributed by atoms with van der Waals surface area (Å²) in [4.78, 5) is -0.675. The van der Waals surface area contributed by atoms with E-state index in [0.29, 0.717) is 0 Å². The van der Waals surface area contributed by atoms with Gasteiger partial charge in [0.05, 0.1) is 9.79 Å². The first kappa shape index (κ1) is 26.7. The Labute approximate surface area is 204 Å². The second-order valence-corrected chi connectivity index (χ2v) is 6.66. The molecule has 2 rings (SSSR count). The zero-order valence-electron chi connectivity index (χ0n) is 12.8. The molecule has 0 aliphatic carbocycles. The molecule has 2 aromatic rings. The number of phenols is 2. The maximum absolute atomic E-state index is 10.3. The summed E-state index contributed by atoms with van der Waals surface area (Å²) < 4.78 is 61.8. The molecule has 0 unspecified atom stereocenters. The van der Waals surface area contributed by atoms with Crippen LogP contribution < -0.4 is 80.9 Å². The van der Waals surface area contributed by atoms with Crippen LogP contribution in [0.4, 0.5) is 0 Å². The number of aromatic hydroxyl groups is 2. The maximum atomic E-state index is 10.3. The number of hydrogen-bond donors (Lipinski definition) is 2.